The Morgan fingerprint density at radius 1 is 1.04 bits per heavy atom. The molecule has 2 amide bonds. The SMILES string of the molecule is CN(C)C(CNC(=O)NCCN1CCc2ccccc2C1)c1ccccc1. The third-order valence-electron chi connectivity index (χ3n) is 5.19. The first-order valence-electron chi connectivity index (χ1n) is 9.65. The van der Waals surface area contributed by atoms with Crippen molar-refractivity contribution in [2.45, 2.75) is 19.0 Å². The van der Waals surface area contributed by atoms with Crippen LogP contribution < -0.4 is 10.6 Å². The van der Waals surface area contributed by atoms with E-state index in [0.29, 0.717) is 13.1 Å². The van der Waals surface area contributed by atoms with Gasteiger partial charge in [-0.15, -0.1) is 0 Å². The molecule has 2 aromatic rings. The van der Waals surface area contributed by atoms with Crippen LogP contribution in [0.2, 0.25) is 0 Å². The second kappa shape index (κ2) is 9.53. The fourth-order valence-electron chi connectivity index (χ4n) is 3.60. The van der Waals surface area contributed by atoms with E-state index in [9.17, 15) is 4.79 Å². The maximum atomic E-state index is 12.2. The van der Waals surface area contributed by atoms with E-state index in [4.69, 9.17) is 0 Å². The molecule has 0 spiro atoms. The lowest BCUT2D eigenvalue weighted by Gasteiger charge is -2.28. The summed E-state index contributed by atoms with van der Waals surface area (Å²) in [5.74, 6) is 0. The van der Waals surface area contributed by atoms with E-state index in [1.54, 1.807) is 0 Å². The maximum absolute atomic E-state index is 12.2. The Hall–Kier alpha value is -2.37. The smallest absolute Gasteiger partial charge is 0.314 e. The van der Waals surface area contributed by atoms with E-state index in [0.717, 1.165) is 26.1 Å². The Morgan fingerprint density at radius 3 is 2.48 bits per heavy atom. The summed E-state index contributed by atoms with van der Waals surface area (Å²) in [6, 6.07) is 18.9. The van der Waals surface area contributed by atoms with Gasteiger partial charge in [0.2, 0.25) is 0 Å². The van der Waals surface area contributed by atoms with Crippen LogP contribution in [-0.4, -0.2) is 56.1 Å². The van der Waals surface area contributed by atoms with Crippen LogP contribution in [-0.2, 0) is 13.0 Å². The monoisotopic (exact) mass is 366 g/mol. The number of nitrogens with zero attached hydrogens (tertiary/aromatic N) is 2. The molecule has 0 fully saturated rings. The van der Waals surface area contributed by atoms with Gasteiger partial charge in [0.05, 0.1) is 6.04 Å². The number of rotatable bonds is 7. The molecule has 0 aliphatic carbocycles. The molecule has 0 saturated carbocycles. The summed E-state index contributed by atoms with van der Waals surface area (Å²) < 4.78 is 0. The van der Waals surface area contributed by atoms with Crippen molar-refractivity contribution in [3.05, 3.63) is 71.3 Å². The van der Waals surface area contributed by atoms with Crippen molar-refractivity contribution >= 4 is 6.03 Å². The largest absolute Gasteiger partial charge is 0.337 e. The van der Waals surface area contributed by atoms with Crippen molar-refractivity contribution in [3.8, 4) is 0 Å². The zero-order valence-corrected chi connectivity index (χ0v) is 16.3. The number of hydrogen-bond donors (Lipinski definition) is 2. The van der Waals surface area contributed by atoms with Gasteiger partial charge in [-0.25, -0.2) is 4.79 Å². The lowest BCUT2D eigenvalue weighted by molar-refractivity contribution is 0.225. The standard InChI is InChI=1S/C22H30N4O/c1-25(2)21(19-9-4-3-5-10-19)16-24-22(27)23-13-15-26-14-12-18-8-6-7-11-20(18)17-26/h3-11,21H,12-17H2,1-2H3,(H2,23,24,27). The fourth-order valence-corrected chi connectivity index (χ4v) is 3.60. The predicted octanol–water partition coefficient (Wildman–Crippen LogP) is 2.65. The highest BCUT2D eigenvalue weighted by atomic mass is 16.2. The van der Waals surface area contributed by atoms with Crippen LogP contribution in [0.25, 0.3) is 0 Å². The van der Waals surface area contributed by atoms with E-state index in [2.05, 4.69) is 56.8 Å². The number of benzene rings is 2. The van der Waals surface area contributed by atoms with Gasteiger partial charge in [-0.3, -0.25) is 4.90 Å². The highest BCUT2D eigenvalue weighted by Crippen LogP contribution is 2.18. The Bertz CT molecular complexity index is 732. The molecule has 0 aromatic heterocycles. The van der Waals surface area contributed by atoms with Crippen molar-refractivity contribution in [2.75, 3.05) is 40.3 Å². The molecule has 0 saturated heterocycles. The van der Waals surface area contributed by atoms with E-state index in [1.165, 1.54) is 16.7 Å². The molecule has 0 bridgehead atoms. The third kappa shape index (κ3) is 5.55. The van der Waals surface area contributed by atoms with Gasteiger partial charge in [0.1, 0.15) is 0 Å². The van der Waals surface area contributed by atoms with Gasteiger partial charge in [0.15, 0.2) is 0 Å². The molecule has 5 heteroatoms. The zero-order valence-electron chi connectivity index (χ0n) is 16.3. The molecule has 27 heavy (non-hydrogen) atoms. The van der Waals surface area contributed by atoms with Crippen molar-refractivity contribution < 1.29 is 4.79 Å². The summed E-state index contributed by atoms with van der Waals surface area (Å²) in [5, 5.41) is 6.00. The second-order valence-electron chi connectivity index (χ2n) is 7.32. The van der Waals surface area contributed by atoms with Gasteiger partial charge >= 0.3 is 6.03 Å². The summed E-state index contributed by atoms with van der Waals surface area (Å²) >= 11 is 0. The van der Waals surface area contributed by atoms with Crippen LogP contribution in [0.15, 0.2) is 54.6 Å². The summed E-state index contributed by atoms with van der Waals surface area (Å²) in [7, 11) is 4.07. The van der Waals surface area contributed by atoms with E-state index >= 15 is 0 Å². The number of carbonyl (C=O) groups is 1. The second-order valence-corrected chi connectivity index (χ2v) is 7.32. The minimum absolute atomic E-state index is 0.102. The van der Waals surface area contributed by atoms with Gasteiger partial charge in [-0.2, -0.15) is 0 Å². The number of nitrogens with one attached hydrogen (secondary N) is 2. The highest BCUT2D eigenvalue weighted by Gasteiger charge is 2.16. The average molecular weight is 367 g/mol. The van der Waals surface area contributed by atoms with Gasteiger partial charge in [0.25, 0.3) is 0 Å². The van der Waals surface area contributed by atoms with Crippen molar-refractivity contribution in [3.63, 3.8) is 0 Å². The molecule has 2 aromatic carbocycles. The van der Waals surface area contributed by atoms with Gasteiger partial charge in [0, 0.05) is 32.7 Å². The fraction of sp³-hybridized carbons (Fsp3) is 0.409. The topological polar surface area (TPSA) is 47.6 Å². The normalized spacial score (nSPS) is 15.2. The molecule has 1 aliphatic heterocycles. The van der Waals surface area contributed by atoms with Crippen LogP contribution in [0.4, 0.5) is 4.79 Å². The summed E-state index contributed by atoms with van der Waals surface area (Å²) in [4.78, 5) is 16.7. The zero-order chi connectivity index (χ0) is 19.1. The highest BCUT2D eigenvalue weighted by molar-refractivity contribution is 5.73. The van der Waals surface area contributed by atoms with Crippen LogP contribution >= 0.6 is 0 Å². The molecule has 144 valence electrons. The van der Waals surface area contributed by atoms with Gasteiger partial charge < -0.3 is 15.5 Å². The quantitative estimate of drug-likeness (QED) is 0.792. The molecular formula is C22H30N4O. The number of urea groups is 1. The molecule has 1 atom stereocenters. The summed E-state index contributed by atoms with van der Waals surface area (Å²) in [6.45, 7) is 4.14. The van der Waals surface area contributed by atoms with Gasteiger partial charge in [-0.1, -0.05) is 54.6 Å². The number of amides is 2. The molecule has 5 nitrogen and oxygen atoms in total. The van der Waals surface area contributed by atoms with Crippen LogP contribution in [0.1, 0.15) is 22.7 Å². The van der Waals surface area contributed by atoms with Crippen LogP contribution in [0.5, 0.6) is 0 Å². The number of fused-ring (bicyclic) bond motifs is 1. The molecule has 0 radical (unpaired) electrons. The van der Waals surface area contributed by atoms with Crippen molar-refractivity contribution in [1.82, 2.24) is 20.4 Å². The molecule has 1 aliphatic rings. The first-order chi connectivity index (χ1) is 13.1. The average Bonchev–Trinajstić information content (AvgIpc) is 2.68. The maximum Gasteiger partial charge on any atom is 0.314 e. The molecule has 1 unspecified atom stereocenters. The van der Waals surface area contributed by atoms with Crippen LogP contribution in [0.3, 0.4) is 0 Å². The van der Waals surface area contributed by atoms with E-state index < -0.39 is 0 Å². The van der Waals surface area contributed by atoms with Gasteiger partial charge in [-0.05, 0) is 37.2 Å². The van der Waals surface area contributed by atoms with Crippen molar-refractivity contribution in [1.29, 1.82) is 0 Å². The summed E-state index contributed by atoms with van der Waals surface area (Å²) in [6.07, 6.45) is 1.09. The van der Waals surface area contributed by atoms with E-state index in [-0.39, 0.29) is 12.1 Å². The number of hydrogen-bond acceptors (Lipinski definition) is 3. The predicted molar refractivity (Wildman–Crippen MR) is 110 cm³/mol. The summed E-state index contributed by atoms with van der Waals surface area (Å²) in [5.41, 5.74) is 4.06. The molecule has 3 rings (SSSR count). The first kappa shape index (κ1) is 19.4. The first-order valence-corrected chi connectivity index (χ1v) is 9.65. The molecule has 2 N–H and O–H groups in total. The van der Waals surface area contributed by atoms with E-state index in [1.807, 2.05) is 32.3 Å². The molecule has 1 heterocycles. The van der Waals surface area contributed by atoms with Crippen LogP contribution in [0, 0.1) is 0 Å². The Morgan fingerprint density at radius 2 is 1.74 bits per heavy atom. The Labute approximate surface area is 162 Å². The Balaban J connectivity index is 1.40. The third-order valence-corrected chi connectivity index (χ3v) is 5.19. The lowest BCUT2D eigenvalue weighted by atomic mass is 10.00. The minimum atomic E-state index is -0.102. The lowest BCUT2D eigenvalue weighted by Crippen LogP contribution is -2.43. The number of likely N-dealkylation sites (N-methyl/N-ethyl adjacent to an activating group) is 1. The minimum Gasteiger partial charge on any atom is -0.337 e. The number of carbonyl (C=O) groups excluding carboxylic acids is 1. The van der Waals surface area contributed by atoms with Crippen molar-refractivity contribution in [2.24, 2.45) is 0 Å². The Kier molecular flexibility index (Phi) is 6.85. The molecular weight excluding hydrogens is 336 g/mol.